The van der Waals surface area contributed by atoms with Crippen molar-refractivity contribution in [3.05, 3.63) is 51.7 Å². The minimum absolute atomic E-state index is 0.0838. The SMILES string of the molecule is Cc1nc2nc[nH]n2c(=O)c1NS(=O)(=O)c1ccc2c(c1)CCCC2. The fourth-order valence-corrected chi connectivity index (χ4v) is 4.31. The number of H-pyrrole nitrogens is 1. The summed E-state index contributed by atoms with van der Waals surface area (Å²) in [5.74, 6) is 0.194. The van der Waals surface area contributed by atoms with Gasteiger partial charge in [-0.3, -0.25) is 14.6 Å². The molecule has 0 atom stereocenters. The van der Waals surface area contributed by atoms with E-state index in [2.05, 4.69) is 19.8 Å². The molecule has 130 valence electrons. The Morgan fingerprint density at radius 3 is 2.76 bits per heavy atom. The molecule has 0 amide bonds. The quantitative estimate of drug-likeness (QED) is 0.735. The van der Waals surface area contributed by atoms with Gasteiger partial charge in [0.1, 0.15) is 12.0 Å². The molecule has 8 nitrogen and oxygen atoms in total. The Morgan fingerprint density at radius 1 is 1.20 bits per heavy atom. The Hall–Kier alpha value is -2.68. The lowest BCUT2D eigenvalue weighted by Crippen LogP contribution is -2.25. The monoisotopic (exact) mass is 359 g/mol. The van der Waals surface area contributed by atoms with E-state index in [4.69, 9.17) is 0 Å². The first-order chi connectivity index (χ1) is 12.0. The van der Waals surface area contributed by atoms with Crippen molar-refractivity contribution >= 4 is 21.5 Å². The van der Waals surface area contributed by atoms with Gasteiger partial charge < -0.3 is 0 Å². The summed E-state index contributed by atoms with van der Waals surface area (Å²) >= 11 is 0. The van der Waals surface area contributed by atoms with Gasteiger partial charge in [-0.2, -0.15) is 4.52 Å². The molecule has 2 N–H and O–H groups in total. The molecule has 4 rings (SSSR count). The van der Waals surface area contributed by atoms with Gasteiger partial charge in [0.2, 0.25) is 0 Å². The van der Waals surface area contributed by atoms with Crippen LogP contribution in [-0.2, 0) is 22.9 Å². The van der Waals surface area contributed by atoms with Crippen LogP contribution in [0.5, 0.6) is 0 Å². The van der Waals surface area contributed by atoms with Gasteiger partial charge in [-0.1, -0.05) is 6.07 Å². The van der Waals surface area contributed by atoms with E-state index in [9.17, 15) is 13.2 Å². The van der Waals surface area contributed by atoms with E-state index in [-0.39, 0.29) is 22.1 Å². The molecule has 0 bridgehead atoms. The first-order valence-corrected chi connectivity index (χ1v) is 9.51. The molecule has 2 aromatic heterocycles. The molecule has 9 heteroatoms. The number of hydrogen-bond acceptors (Lipinski definition) is 5. The fourth-order valence-electron chi connectivity index (χ4n) is 3.15. The lowest BCUT2D eigenvalue weighted by molar-refractivity contribution is 0.600. The zero-order valence-corrected chi connectivity index (χ0v) is 14.4. The number of hydrogen-bond donors (Lipinski definition) is 2. The third-order valence-electron chi connectivity index (χ3n) is 4.48. The number of sulfonamides is 1. The molecule has 0 saturated heterocycles. The van der Waals surface area contributed by atoms with E-state index < -0.39 is 15.6 Å². The number of fused-ring (bicyclic) bond motifs is 2. The second-order valence-corrected chi connectivity index (χ2v) is 7.83. The summed E-state index contributed by atoms with van der Waals surface area (Å²) in [4.78, 5) is 20.7. The number of nitrogens with zero attached hydrogens (tertiary/aromatic N) is 3. The van der Waals surface area contributed by atoms with Gasteiger partial charge in [0.05, 0.1) is 10.6 Å². The number of aryl methyl sites for hydroxylation is 3. The lowest BCUT2D eigenvalue weighted by Gasteiger charge is -2.17. The summed E-state index contributed by atoms with van der Waals surface area (Å²) in [6.07, 6.45) is 5.37. The van der Waals surface area contributed by atoms with Crippen molar-refractivity contribution in [3.8, 4) is 0 Å². The minimum Gasteiger partial charge on any atom is -0.278 e. The maximum atomic E-state index is 12.8. The number of aromatic nitrogens is 4. The van der Waals surface area contributed by atoms with E-state index in [0.29, 0.717) is 0 Å². The molecule has 0 aliphatic heterocycles. The zero-order valence-electron chi connectivity index (χ0n) is 13.6. The molecule has 25 heavy (non-hydrogen) atoms. The van der Waals surface area contributed by atoms with Gasteiger partial charge in [-0.05, 0) is 55.9 Å². The molecule has 1 aromatic carbocycles. The van der Waals surface area contributed by atoms with Gasteiger partial charge in [-0.25, -0.2) is 18.4 Å². The van der Waals surface area contributed by atoms with E-state index >= 15 is 0 Å². The second-order valence-electron chi connectivity index (χ2n) is 6.14. The molecule has 1 aliphatic carbocycles. The number of rotatable bonds is 3. The zero-order chi connectivity index (χ0) is 17.6. The molecular formula is C16H17N5O3S. The Labute approximate surface area is 144 Å². The van der Waals surface area contributed by atoms with Crippen molar-refractivity contribution in [2.45, 2.75) is 37.5 Å². The first-order valence-electron chi connectivity index (χ1n) is 8.03. The van der Waals surface area contributed by atoms with Crippen molar-refractivity contribution in [1.82, 2.24) is 19.6 Å². The third kappa shape index (κ3) is 2.70. The van der Waals surface area contributed by atoms with Gasteiger partial charge in [0.25, 0.3) is 21.4 Å². The normalized spacial score (nSPS) is 14.4. The average Bonchev–Trinajstić information content (AvgIpc) is 3.06. The van der Waals surface area contributed by atoms with Gasteiger partial charge in [0, 0.05) is 0 Å². The van der Waals surface area contributed by atoms with Crippen LogP contribution >= 0.6 is 0 Å². The summed E-state index contributed by atoms with van der Waals surface area (Å²) in [7, 11) is -3.88. The smallest absolute Gasteiger partial charge is 0.278 e. The fraction of sp³-hybridized carbons (Fsp3) is 0.312. The highest BCUT2D eigenvalue weighted by Gasteiger charge is 2.21. The van der Waals surface area contributed by atoms with Crippen LogP contribution in [0.1, 0.15) is 29.7 Å². The van der Waals surface area contributed by atoms with Gasteiger partial charge in [-0.15, -0.1) is 0 Å². The Morgan fingerprint density at radius 2 is 1.96 bits per heavy atom. The highest BCUT2D eigenvalue weighted by Crippen LogP contribution is 2.25. The molecule has 3 aromatic rings. The maximum Gasteiger partial charge on any atom is 0.298 e. The van der Waals surface area contributed by atoms with E-state index in [1.807, 2.05) is 6.07 Å². The molecular weight excluding hydrogens is 342 g/mol. The largest absolute Gasteiger partial charge is 0.298 e. The first kappa shape index (κ1) is 15.8. The average molecular weight is 359 g/mol. The predicted molar refractivity (Wildman–Crippen MR) is 92.2 cm³/mol. The summed E-state index contributed by atoms with van der Waals surface area (Å²) < 4.78 is 29.0. The topological polar surface area (TPSA) is 109 Å². The van der Waals surface area contributed by atoms with Crippen LogP contribution in [-0.4, -0.2) is 28.0 Å². The number of aromatic amines is 1. The maximum absolute atomic E-state index is 12.8. The van der Waals surface area contributed by atoms with E-state index in [1.54, 1.807) is 19.1 Å². The van der Waals surface area contributed by atoms with Crippen molar-refractivity contribution in [2.75, 3.05) is 4.72 Å². The molecule has 0 unspecified atom stereocenters. The Kier molecular flexibility index (Phi) is 3.60. The highest BCUT2D eigenvalue weighted by molar-refractivity contribution is 7.92. The molecule has 0 spiro atoms. The van der Waals surface area contributed by atoms with Crippen LogP contribution in [0.25, 0.3) is 5.78 Å². The number of nitrogens with one attached hydrogen (secondary N) is 2. The van der Waals surface area contributed by atoms with Crippen LogP contribution in [0.2, 0.25) is 0 Å². The van der Waals surface area contributed by atoms with Crippen LogP contribution < -0.4 is 10.3 Å². The molecule has 1 aliphatic rings. The van der Waals surface area contributed by atoms with Crippen LogP contribution in [0.3, 0.4) is 0 Å². The highest BCUT2D eigenvalue weighted by atomic mass is 32.2. The van der Waals surface area contributed by atoms with Crippen molar-refractivity contribution in [2.24, 2.45) is 0 Å². The van der Waals surface area contributed by atoms with E-state index in [0.717, 1.165) is 35.8 Å². The van der Waals surface area contributed by atoms with Gasteiger partial charge >= 0.3 is 0 Å². The van der Waals surface area contributed by atoms with Crippen molar-refractivity contribution in [3.63, 3.8) is 0 Å². The Bertz CT molecular complexity index is 1130. The molecule has 0 fully saturated rings. The molecule has 0 radical (unpaired) electrons. The van der Waals surface area contributed by atoms with Crippen molar-refractivity contribution < 1.29 is 8.42 Å². The predicted octanol–water partition coefficient (Wildman–Crippen LogP) is 1.41. The standard InChI is InChI=1S/C16H17N5O3S/c1-10-14(15(22)21-16(19-10)17-9-18-21)20-25(23,24)13-7-6-11-4-2-3-5-12(11)8-13/h6-9,20H,2-5H2,1H3,(H,17,18,19). The van der Waals surface area contributed by atoms with Crippen LogP contribution in [0.4, 0.5) is 5.69 Å². The summed E-state index contributed by atoms with van der Waals surface area (Å²) in [6, 6.07) is 5.15. The van der Waals surface area contributed by atoms with Crippen LogP contribution in [0, 0.1) is 6.92 Å². The molecule has 0 saturated carbocycles. The van der Waals surface area contributed by atoms with Crippen molar-refractivity contribution in [1.29, 1.82) is 0 Å². The molecule has 2 heterocycles. The van der Waals surface area contributed by atoms with Crippen LogP contribution in [0.15, 0.2) is 34.2 Å². The van der Waals surface area contributed by atoms with E-state index in [1.165, 1.54) is 11.9 Å². The third-order valence-corrected chi connectivity index (χ3v) is 5.83. The number of benzene rings is 1. The minimum atomic E-state index is -3.88. The van der Waals surface area contributed by atoms with Gasteiger partial charge in [0.15, 0.2) is 0 Å². The summed E-state index contributed by atoms with van der Waals surface area (Å²) in [5, 5.41) is 2.62. The second kappa shape index (κ2) is 5.69. The summed E-state index contributed by atoms with van der Waals surface area (Å²) in [5.41, 5.74) is 1.91. The summed E-state index contributed by atoms with van der Waals surface area (Å²) in [6.45, 7) is 1.57. The lowest BCUT2D eigenvalue weighted by atomic mass is 9.92. The Balaban J connectivity index is 1.76. The number of anilines is 1.